The number of carbonyl (C=O) groups is 2. The van der Waals surface area contributed by atoms with E-state index < -0.39 is 12.2 Å². The van der Waals surface area contributed by atoms with Crippen molar-refractivity contribution in [2.24, 2.45) is 0 Å². The van der Waals surface area contributed by atoms with Crippen LogP contribution in [0.2, 0.25) is 0 Å². The number of hydrogen-bond acceptors (Lipinski definition) is 6. The molecule has 0 fully saturated rings. The van der Waals surface area contributed by atoms with E-state index in [1.165, 1.54) is 38.5 Å². The summed E-state index contributed by atoms with van der Waals surface area (Å²) in [6.07, 6.45) is 38.6. The van der Waals surface area contributed by atoms with E-state index in [9.17, 15) is 19.8 Å². The van der Waals surface area contributed by atoms with Gasteiger partial charge in [-0.1, -0.05) is 138 Å². The third-order valence-electron chi connectivity index (χ3n) is 6.55. The Hall–Kier alpha value is -2.70. The van der Waals surface area contributed by atoms with Crippen LogP contribution < -0.4 is 0 Å². The molecule has 1 unspecified atom stereocenters. The number of allylic oxidation sites excluding steroid dienone is 10. The van der Waals surface area contributed by atoms with Crippen molar-refractivity contribution < 1.29 is 29.3 Å². The first-order chi connectivity index (χ1) is 21.0. The van der Waals surface area contributed by atoms with Crippen LogP contribution in [-0.2, 0) is 19.1 Å². The van der Waals surface area contributed by atoms with Crippen molar-refractivity contribution >= 4 is 11.9 Å². The van der Waals surface area contributed by atoms with Crippen LogP contribution in [-0.4, -0.2) is 47.6 Å². The van der Waals surface area contributed by atoms with Gasteiger partial charge in [-0.2, -0.15) is 0 Å². The molecule has 0 saturated carbocycles. The summed E-state index contributed by atoms with van der Waals surface area (Å²) in [7, 11) is 0. The quantitative estimate of drug-likeness (QED) is 0.0403. The molecule has 0 aromatic heterocycles. The lowest BCUT2D eigenvalue weighted by atomic mass is 10.1. The van der Waals surface area contributed by atoms with Gasteiger partial charge in [0.05, 0.1) is 6.10 Å². The molecule has 43 heavy (non-hydrogen) atoms. The molecule has 0 radical (unpaired) electrons. The van der Waals surface area contributed by atoms with Crippen molar-refractivity contribution in [3.8, 4) is 0 Å². The fourth-order valence-corrected chi connectivity index (χ4v) is 4.02. The minimum absolute atomic E-state index is 0.151. The Bertz CT molecular complexity index is 836. The fraction of sp³-hybridized carbons (Fsp3) is 0.622. The van der Waals surface area contributed by atoms with E-state index in [0.717, 1.165) is 44.9 Å². The lowest BCUT2D eigenvalue weighted by molar-refractivity contribution is -0.152. The Morgan fingerprint density at radius 2 is 1.14 bits per heavy atom. The van der Waals surface area contributed by atoms with Crippen LogP contribution in [0.4, 0.5) is 0 Å². The molecule has 2 N–H and O–H groups in total. The number of aliphatic hydroxyl groups excluding tert-OH is 2. The van der Waals surface area contributed by atoms with Crippen LogP contribution in [0.25, 0.3) is 0 Å². The number of esters is 2. The summed E-state index contributed by atoms with van der Waals surface area (Å²) in [6.45, 7) is 3.97. The maximum Gasteiger partial charge on any atom is 0.306 e. The van der Waals surface area contributed by atoms with Gasteiger partial charge in [0.2, 0.25) is 0 Å². The highest BCUT2D eigenvalue weighted by atomic mass is 16.6. The Balaban J connectivity index is 3.70. The van der Waals surface area contributed by atoms with Crippen LogP contribution in [0.3, 0.4) is 0 Å². The van der Waals surface area contributed by atoms with Gasteiger partial charge in [0.15, 0.2) is 0 Å². The average Bonchev–Trinajstić information content (AvgIpc) is 3.00. The number of carbonyl (C=O) groups excluding carboxylic acids is 2. The molecule has 0 aliphatic heterocycles. The Morgan fingerprint density at radius 3 is 1.74 bits per heavy atom. The van der Waals surface area contributed by atoms with Crippen molar-refractivity contribution in [1.29, 1.82) is 0 Å². The third-order valence-corrected chi connectivity index (χ3v) is 6.55. The van der Waals surface area contributed by atoms with E-state index >= 15 is 0 Å². The zero-order valence-corrected chi connectivity index (χ0v) is 27.0. The predicted octanol–water partition coefficient (Wildman–Crippen LogP) is 8.80. The molecule has 0 aromatic rings. The van der Waals surface area contributed by atoms with Crippen molar-refractivity contribution in [2.45, 2.75) is 135 Å². The lowest BCUT2D eigenvalue weighted by Gasteiger charge is -2.12. The van der Waals surface area contributed by atoms with E-state index in [2.05, 4.69) is 50.3 Å². The first-order valence-electron chi connectivity index (χ1n) is 16.6. The molecule has 0 aliphatic carbocycles. The highest BCUT2D eigenvalue weighted by molar-refractivity contribution is 5.70. The first-order valence-corrected chi connectivity index (χ1v) is 16.6. The molecule has 0 amide bonds. The molecule has 0 aromatic carbocycles. The van der Waals surface area contributed by atoms with Crippen molar-refractivity contribution in [3.63, 3.8) is 0 Å². The van der Waals surface area contributed by atoms with Gasteiger partial charge in [0.1, 0.15) is 19.3 Å². The number of ether oxygens (including phenoxy) is 2. The standard InChI is InChI=1S/C37H60O6/c1-3-5-7-8-9-15-19-22-26-30-36(40)42-32-35(39)33-43-37(41)31-27-23-20-17-14-12-10-11-13-16-18-21-25-29-34(38)28-24-6-4-2/h6,11-14,18,20-21,23-25,29,34-35,38-39H,3-5,7-10,15-17,19,22,26-28,30-33H2,1-2H3/b13-11-,14-12-,21-18+,23-20-,24-6-,29-25+/t34?,35-/m1/s1. The number of rotatable bonds is 28. The summed E-state index contributed by atoms with van der Waals surface area (Å²) >= 11 is 0. The monoisotopic (exact) mass is 600 g/mol. The second-order valence-corrected chi connectivity index (χ2v) is 10.8. The van der Waals surface area contributed by atoms with Crippen molar-refractivity contribution in [3.05, 3.63) is 72.9 Å². The van der Waals surface area contributed by atoms with Crippen LogP contribution in [0.15, 0.2) is 72.9 Å². The number of hydrogen-bond donors (Lipinski definition) is 2. The molecule has 2 atom stereocenters. The van der Waals surface area contributed by atoms with Gasteiger partial charge in [0, 0.05) is 12.8 Å². The SMILES string of the molecule is CC/C=C\CC(O)/C=C/C=C/C/C=C\C/C=C\C/C=C\CCC(=O)OC[C@H](O)COC(=O)CCCCCCCCCCC. The van der Waals surface area contributed by atoms with E-state index in [4.69, 9.17) is 9.47 Å². The Morgan fingerprint density at radius 1 is 0.605 bits per heavy atom. The molecule has 244 valence electrons. The highest BCUT2D eigenvalue weighted by Gasteiger charge is 2.11. The summed E-state index contributed by atoms with van der Waals surface area (Å²) in [5.74, 6) is -0.691. The largest absolute Gasteiger partial charge is 0.463 e. The molecular weight excluding hydrogens is 540 g/mol. The third kappa shape index (κ3) is 32.1. The molecule has 0 rings (SSSR count). The molecule has 0 aliphatic rings. The van der Waals surface area contributed by atoms with Crippen LogP contribution >= 0.6 is 0 Å². The first kappa shape index (κ1) is 40.3. The van der Waals surface area contributed by atoms with Crippen molar-refractivity contribution in [1.82, 2.24) is 0 Å². The summed E-state index contributed by atoms with van der Waals surface area (Å²) in [5.41, 5.74) is 0. The summed E-state index contributed by atoms with van der Waals surface area (Å²) in [5, 5.41) is 19.7. The fourth-order valence-electron chi connectivity index (χ4n) is 4.02. The maximum atomic E-state index is 11.9. The van der Waals surface area contributed by atoms with Crippen molar-refractivity contribution in [2.75, 3.05) is 13.2 Å². The minimum atomic E-state index is -1.00. The van der Waals surface area contributed by atoms with E-state index in [-0.39, 0.29) is 31.6 Å². The molecule has 0 spiro atoms. The van der Waals surface area contributed by atoms with Gasteiger partial charge in [0.25, 0.3) is 0 Å². The van der Waals surface area contributed by atoms with Crippen LogP contribution in [0, 0.1) is 0 Å². The molecule has 6 heteroatoms. The normalized spacial score (nSPS) is 13.9. The van der Waals surface area contributed by atoms with E-state index in [0.29, 0.717) is 19.3 Å². The summed E-state index contributed by atoms with van der Waals surface area (Å²) in [6, 6.07) is 0. The highest BCUT2D eigenvalue weighted by Crippen LogP contribution is 2.11. The predicted molar refractivity (Wildman–Crippen MR) is 179 cm³/mol. The zero-order chi connectivity index (χ0) is 31.6. The molecule has 0 saturated heterocycles. The summed E-state index contributed by atoms with van der Waals surface area (Å²) < 4.78 is 10.2. The molecule has 6 nitrogen and oxygen atoms in total. The van der Waals surface area contributed by atoms with Gasteiger partial charge >= 0.3 is 11.9 Å². The second kappa shape index (κ2) is 32.2. The molecule has 0 bridgehead atoms. The molecule has 0 heterocycles. The zero-order valence-electron chi connectivity index (χ0n) is 27.0. The van der Waals surface area contributed by atoms with E-state index in [1.54, 1.807) is 6.08 Å². The summed E-state index contributed by atoms with van der Waals surface area (Å²) in [4.78, 5) is 23.7. The van der Waals surface area contributed by atoms with Crippen LogP contribution in [0.5, 0.6) is 0 Å². The minimum Gasteiger partial charge on any atom is -0.463 e. The number of aliphatic hydroxyl groups is 2. The van der Waals surface area contributed by atoms with E-state index in [1.807, 2.05) is 30.4 Å². The smallest absolute Gasteiger partial charge is 0.306 e. The van der Waals surface area contributed by atoms with Gasteiger partial charge < -0.3 is 19.7 Å². The number of unbranched alkanes of at least 4 members (excludes halogenated alkanes) is 8. The van der Waals surface area contributed by atoms with Gasteiger partial charge in [-0.25, -0.2) is 0 Å². The van der Waals surface area contributed by atoms with Gasteiger partial charge in [-0.15, -0.1) is 0 Å². The Kier molecular flexibility index (Phi) is 30.2. The maximum absolute atomic E-state index is 11.9. The Labute approximate surface area is 262 Å². The van der Waals surface area contributed by atoms with Crippen LogP contribution in [0.1, 0.15) is 123 Å². The molecular formula is C37H60O6. The average molecular weight is 601 g/mol. The topological polar surface area (TPSA) is 93.1 Å². The van der Waals surface area contributed by atoms with Gasteiger partial charge in [-0.3, -0.25) is 9.59 Å². The van der Waals surface area contributed by atoms with Gasteiger partial charge in [-0.05, 0) is 44.9 Å². The lowest BCUT2D eigenvalue weighted by Crippen LogP contribution is -2.25. The second-order valence-electron chi connectivity index (χ2n) is 10.8.